The highest BCUT2D eigenvalue weighted by Crippen LogP contribution is 2.36. The normalized spacial score (nSPS) is 20.9. The smallest absolute Gasteiger partial charge is 0.233 e. The lowest BCUT2D eigenvalue weighted by Gasteiger charge is -2.18. The molecule has 2 atom stereocenters. The minimum Gasteiger partial charge on any atom is -0.480 e. The molecule has 1 heterocycles. The van der Waals surface area contributed by atoms with Crippen molar-refractivity contribution in [1.82, 2.24) is 9.97 Å². The lowest BCUT2D eigenvalue weighted by Crippen LogP contribution is -2.17. The Balaban J connectivity index is 1.87. The third-order valence-corrected chi connectivity index (χ3v) is 3.70. The van der Waals surface area contributed by atoms with Crippen LogP contribution in [0.25, 0.3) is 0 Å². The molecule has 1 aliphatic carbocycles. The first kappa shape index (κ1) is 12.2. The van der Waals surface area contributed by atoms with Crippen molar-refractivity contribution in [3.63, 3.8) is 0 Å². The van der Waals surface area contributed by atoms with E-state index in [1.165, 1.54) is 11.1 Å². The SMILES string of the molecule is COc1cncc(NC2c3ccccc3CC2Cl)n1. The van der Waals surface area contributed by atoms with E-state index < -0.39 is 0 Å². The summed E-state index contributed by atoms with van der Waals surface area (Å²) in [6.45, 7) is 0. The molecule has 0 aliphatic heterocycles. The van der Waals surface area contributed by atoms with Crippen molar-refractivity contribution in [2.24, 2.45) is 0 Å². The number of ether oxygens (including phenoxy) is 1. The van der Waals surface area contributed by atoms with Crippen LogP contribution in [0.5, 0.6) is 5.88 Å². The predicted octanol–water partition coefficient (Wildman–Crippen LogP) is 2.80. The Labute approximate surface area is 116 Å². The van der Waals surface area contributed by atoms with Gasteiger partial charge < -0.3 is 10.1 Å². The van der Waals surface area contributed by atoms with E-state index in [0.717, 1.165) is 6.42 Å². The molecule has 1 aliphatic rings. The van der Waals surface area contributed by atoms with Gasteiger partial charge in [0.05, 0.1) is 30.9 Å². The minimum atomic E-state index is 0.0189. The molecule has 2 unspecified atom stereocenters. The van der Waals surface area contributed by atoms with Crippen LogP contribution in [0.2, 0.25) is 0 Å². The quantitative estimate of drug-likeness (QED) is 0.875. The Morgan fingerprint density at radius 1 is 1.32 bits per heavy atom. The van der Waals surface area contributed by atoms with Crippen LogP contribution in [0.15, 0.2) is 36.7 Å². The largest absolute Gasteiger partial charge is 0.480 e. The van der Waals surface area contributed by atoms with Gasteiger partial charge in [-0.3, -0.25) is 4.98 Å². The summed E-state index contributed by atoms with van der Waals surface area (Å²) in [4.78, 5) is 8.39. The fraction of sp³-hybridized carbons (Fsp3) is 0.286. The van der Waals surface area contributed by atoms with E-state index >= 15 is 0 Å². The van der Waals surface area contributed by atoms with Crippen molar-refractivity contribution < 1.29 is 4.74 Å². The second-order valence-corrected chi connectivity index (χ2v) is 5.05. The molecular weight excluding hydrogens is 262 g/mol. The standard InChI is InChI=1S/C14H14ClN3O/c1-19-13-8-16-7-12(17-13)18-14-10-5-3-2-4-9(10)6-11(14)15/h2-5,7-8,11,14H,6H2,1H3,(H,17,18). The molecule has 1 aromatic heterocycles. The zero-order chi connectivity index (χ0) is 13.2. The summed E-state index contributed by atoms with van der Waals surface area (Å²) in [5.74, 6) is 1.16. The molecule has 0 saturated heterocycles. The molecule has 5 heteroatoms. The van der Waals surface area contributed by atoms with Gasteiger partial charge in [0.2, 0.25) is 5.88 Å². The molecule has 0 fully saturated rings. The van der Waals surface area contributed by atoms with Crippen LogP contribution in [-0.4, -0.2) is 22.5 Å². The second-order valence-electron chi connectivity index (χ2n) is 4.49. The van der Waals surface area contributed by atoms with Crippen molar-refractivity contribution in [3.05, 3.63) is 47.8 Å². The molecule has 2 aromatic rings. The van der Waals surface area contributed by atoms with E-state index in [1.807, 2.05) is 12.1 Å². The highest BCUT2D eigenvalue weighted by atomic mass is 35.5. The van der Waals surface area contributed by atoms with Crippen molar-refractivity contribution in [2.45, 2.75) is 17.8 Å². The molecule has 98 valence electrons. The Bertz CT molecular complexity index is 590. The van der Waals surface area contributed by atoms with Crippen molar-refractivity contribution in [1.29, 1.82) is 0 Å². The Morgan fingerprint density at radius 3 is 3.00 bits per heavy atom. The monoisotopic (exact) mass is 275 g/mol. The van der Waals surface area contributed by atoms with Crippen LogP contribution in [-0.2, 0) is 6.42 Å². The molecule has 19 heavy (non-hydrogen) atoms. The van der Waals surface area contributed by atoms with Gasteiger partial charge in [-0.2, -0.15) is 4.98 Å². The number of halogens is 1. The van der Waals surface area contributed by atoms with Gasteiger partial charge in [0.15, 0.2) is 0 Å². The Hall–Kier alpha value is -1.81. The predicted molar refractivity (Wildman–Crippen MR) is 74.7 cm³/mol. The number of anilines is 1. The van der Waals surface area contributed by atoms with Crippen molar-refractivity contribution in [3.8, 4) is 5.88 Å². The third kappa shape index (κ3) is 2.36. The maximum absolute atomic E-state index is 6.43. The molecular formula is C14H14ClN3O. The number of rotatable bonds is 3. The minimum absolute atomic E-state index is 0.0189. The fourth-order valence-corrected chi connectivity index (χ4v) is 2.75. The van der Waals surface area contributed by atoms with Gasteiger partial charge in [-0.1, -0.05) is 24.3 Å². The van der Waals surface area contributed by atoms with Gasteiger partial charge in [0.25, 0.3) is 0 Å². The number of hydrogen-bond acceptors (Lipinski definition) is 4. The molecule has 0 bridgehead atoms. The van der Waals surface area contributed by atoms with Crippen LogP contribution in [0.1, 0.15) is 17.2 Å². The van der Waals surface area contributed by atoms with Crippen LogP contribution < -0.4 is 10.1 Å². The number of aromatic nitrogens is 2. The molecule has 0 radical (unpaired) electrons. The summed E-state index contributed by atoms with van der Waals surface area (Å²) in [5.41, 5.74) is 2.52. The number of methoxy groups -OCH3 is 1. The van der Waals surface area contributed by atoms with E-state index in [4.69, 9.17) is 16.3 Å². The maximum Gasteiger partial charge on any atom is 0.233 e. The Morgan fingerprint density at radius 2 is 2.16 bits per heavy atom. The van der Waals surface area contributed by atoms with Crippen LogP contribution in [0.3, 0.4) is 0 Å². The lowest BCUT2D eigenvalue weighted by molar-refractivity contribution is 0.396. The average molecular weight is 276 g/mol. The number of fused-ring (bicyclic) bond motifs is 1. The summed E-state index contributed by atoms with van der Waals surface area (Å²) in [6, 6.07) is 8.34. The summed E-state index contributed by atoms with van der Waals surface area (Å²) in [7, 11) is 1.57. The van der Waals surface area contributed by atoms with E-state index in [-0.39, 0.29) is 11.4 Å². The first-order chi connectivity index (χ1) is 9.28. The number of alkyl halides is 1. The zero-order valence-electron chi connectivity index (χ0n) is 10.5. The van der Waals surface area contributed by atoms with E-state index in [9.17, 15) is 0 Å². The summed E-state index contributed by atoms with van der Waals surface area (Å²) in [5, 5.41) is 3.35. The van der Waals surface area contributed by atoms with Gasteiger partial charge in [-0.15, -0.1) is 11.6 Å². The zero-order valence-corrected chi connectivity index (χ0v) is 11.3. The highest BCUT2D eigenvalue weighted by Gasteiger charge is 2.30. The van der Waals surface area contributed by atoms with E-state index in [1.54, 1.807) is 19.5 Å². The fourth-order valence-electron chi connectivity index (χ4n) is 2.39. The van der Waals surface area contributed by atoms with E-state index in [2.05, 4.69) is 27.4 Å². The molecule has 1 N–H and O–H groups in total. The number of nitrogens with one attached hydrogen (secondary N) is 1. The lowest BCUT2D eigenvalue weighted by atomic mass is 10.1. The van der Waals surface area contributed by atoms with Gasteiger partial charge in [-0.25, -0.2) is 0 Å². The third-order valence-electron chi connectivity index (χ3n) is 3.29. The first-order valence-corrected chi connectivity index (χ1v) is 6.56. The number of benzene rings is 1. The van der Waals surface area contributed by atoms with Gasteiger partial charge >= 0.3 is 0 Å². The molecule has 3 rings (SSSR count). The number of nitrogens with zero attached hydrogens (tertiary/aromatic N) is 2. The van der Waals surface area contributed by atoms with Gasteiger partial charge in [0.1, 0.15) is 5.82 Å². The second kappa shape index (κ2) is 5.05. The molecule has 0 amide bonds. The van der Waals surface area contributed by atoms with E-state index in [0.29, 0.717) is 11.7 Å². The first-order valence-electron chi connectivity index (χ1n) is 6.12. The van der Waals surface area contributed by atoms with Crippen LogP contribution in [0.4, 0.5) is 5.82 Å². The van der Waals surface area contributed by atoms with Crippen molar-refractivity contribution in [2.75, 3.05) is 12.4 Å². The molecule has 0 saturated carbocycles. The topological polar surface area (TPSA) is 47.0 Å². The molecule has 1 aromatic carbocycles. The van der Waals surface area contributed by atoms with Crippen molar-refractivity contribution >= 4 is 17.4 Å². The van der Waals surface area contributed by atoms with Crippen LogP contribution in [0, 0.1) is 0 Å². The average Bonchev–Trinajstić information content (AvgIpc) is 2.76. The van der Waals surface area contributed by atoms with Gasteiger partial charge in [0, 0.05) is 0 Å². The molecule has 4 nitrogen and oxygen atoms in total. The number of hydrogen-bond donors (Lipinski definition) is 1. The summed E-state index contributed by atoms with van der Waals surface area (Å²) < 4.78 is 5.07. The maximum atomic E-state index is 6.43. The van der Waals surface area contributed by atoms with Gasteiger partial charge in [-0.05, 0) is 17.5 Å². The summed E-state index contributed by atoms with van der Waals surface area (Å²) >= 11 is 6.43. The Kier molecular flexibility index (Phi) is 3.25. The summed E-state index contributed by atoms with van der Waals surface area (Å²) in [6.07, 6.45) is 4.12. The van der Waals surface area contributed by atoms with Crippen LogP contribution >= 0.6 is 11.6 Å². The highest BCUT2D eigenvalue weighted by molar-refractivity contribution is 6.21. The molecule has 0 spiro atoms.